The minimum atomic E-state index is -1.05. The average Bonchev–Trinajstić information content (AvgIpc) is 2.75. The average molecular weight is 432 g/mol. The fraction of sp³-hybridized carbons (Fsp3) is 0.615. The van der Waals surface area contributed by atoms with Crippen molar-refractivity contribution in [2.75, 3.05) is 11.4 Å². The smallest absolute Gasteiger partial charge is 0.323 e. The van der Waals surface area contributed by atoms with Gasteiger partial charge in [-0.15, -0.1) is 0 Å². The molecule has 1 rings (SSSR count). The van der Waals surface area contributed by atoms with E-state index in [-0.39, 0.29) is 18.2 Å². The number of phenols is 1. The third-order valence-corrected chi connectivity index (χ3v) is 5.41. The third kappa shape index (κ3) is 13.6. The zero-order valence-electron chi connectivity index (χ0n) is 19.2. The lowest BCUT2D eigenvalue weighted by Crippen LogP contribution is -2.35. The summed E-state index contributed by atoms with van der Waals surface area (Å²) in [6, 6.07) is 6.05. The molecule has 5 nitrogen and oxygen atoms in total. The van der Waals surface area contributed by atoms with Gasteiger partial charge in [-0.1, -0.05) is 70.4 Å². The second-order valence-electron chi connectivity index (χ2n) is 8.22. The number of aromatic hydroxyl groups is 1. The van der Waals surface area contributed by atoms with E-state index in [2.05, 4.69) is 19.1 Å². The quantitative estimate of drug-likeness (QED) is 0.197. The maximum Gasteiger partial charge on any atom is 0.323 e. The number of carboxylic acids is 1. The summed E-state index contributed by atoms with van der Waals surface area (Å²) in [7, 11) is 0. The molecule has 0 radical (unpaired) electrons. The van der Waals surface area contributed by atoms with Gasteiger partial charge in [0.25, 0.3) is 0 Å². The molecule has 0 fully saturated rings. The molecule has 174 valence electrons. The number of carboxylic acid groups (broad SMARTS) is 1. The van der Waals surface area contributed by atoms with Gasteiger partial charge < -0.3 is 15.1 Å². The van der Waals surface area contributed by atoms with Gasteiger partial charge >= 0.3 is 5.97 Å². The minimum Gasteiger partial charge on any atom is -0.508 e. The van der Waals surface area contributed by atoms with Gasteiger partial charge in [-0.25, -0.2) is 0 Å². The van der Waals surface area contributed by atoms with Crippen LogP contribution in [-0.4, -0.2) is 28.6 Å². The van der Waals surface area contributed by atoms with E-state index in [4.69, 9.17) is 5.11 Å². The van der Waals surface area contributed by atoms with E-state index in [1.54, 1.807) is 12.1 Å². The van der Waals surface area contributed by atoms with Crippen LogP contribution in [-0.2, 0) is 9.59 Å². The van der Waals surface area contributed by atoms with Gasteiger partial charge in [0.05, 0.1) is 0 Å². The molecule has 0 saturated heterocycles. The molecule has 0 saturated carbocycles. The zero-order valence-corrected chi connectivity index (χ0v) is 19.2. The Kier molecular flexibility index (Phi) is 15.0. The van der Waals surface area contributed by atoms with Crippen molar-refractivity contribution in [3.8, 4) is 5.75 Å². The van der Waals surface area contributed by atoms with Crippen molar-refractivity contribution in [1.29, 1.82) is 0 Å². The summed E-state index contributed by atoms with van der Waals surface area (Å²) in [6.45, 7) is 1.88. The largest absolute Gasteiger partial charge is 0.508 e. The van der Waals surface area contributed by atoms with Crippen LogP contribution in [0.3, 0.4) is 0 Å². The highest BCUT2D eigenvalue weighted by Gasteiger charge is 2.18. The Morgan fingerprint density at radius 3 is 1.87 bits per heavy atom. The molecule has 0 atom stereocenters. The van der Waals surface area contributed by atoms with Crippen molar-refractivity contribution in [3.63, 3.8) is 0 Å². The maximum absolute atomic E-state index is 12.5. The highest BCUT2D eigenvalue weighted by atomic mass is 16.4. The lowest BCUT2D eigenvalue weighted by Gasteiger charge is -2.21. The number of allylic oxidation sites excluding steroid dienone is 2. The fourth-order valence-electron chi connectivity index (χ4n) is 3.57. The first-order valence-corrected chi connectivity index (χ1v) is 12.0. The van der Waals surface area contributed by atoms with Crippen LogP contribution < -0.4 is 4.90 Å². The van der Waals surface area contributed by atoms with Gasteiger partial charge in [0.1, 0.15) is 12.3 Å². The number of rotatable bonds is 18. The standard InChI is InChI=1S/C26H41NO4/c1-2-3-4-5-6-7-8-9-10-11-12-13-14-15-16-17-25(29)27(22-26(30)31)23-18-20-24(28)21-19-23/h9-10,18-21,28H,2-8,11-17,22H2,1H3,(H,30,31)/b10-9-. The van der Waals surface area contributed by atoms with Gasteiger partial charge in [-0.2, -0.15) is 0 Å². The molecule has 0 aliphatic heterocycles. The molecule has 0 bridgehead atoms. The molecule has 0 aliphatic carbocycles. The topological polar surface area (TPSA) is 77.8 Å². The highest BCUT2D eigenvalue weighted by molar-refractivity contribution is 5.97. The fourth-order valence-corrected chi connectivity index (χ4v) is 3.57. The number of unbranched alkanes of at least 4 members (excludes halogenated alkanes) is 11. The number of nitrogens with zero attached hydrogens (tertiary/aromatic N) is 1. The van der Waals surface area contributed by atoms with Crippen molar-refractivity contribution in [3.05, 3.63) is 36.4 Å². The van der Waals surface area contributed by atoms with E-state index < -0.39 is 5.97 Å². The van der Waals surface area contributed by atoms with Crippen molar-refractivity contribution in [1.82, 2.24) is 0 Å². The van der Waals surface area contributed by atoms with Gasteiger partial charge in [0, 0.05) is 12.1 Å². The Hall–Kier alpha value is -2.30. The Morgan fingerprint density at radius 1 is 0.806 bits per heavy atom. The molecule has 1 aromatic carbocycles. The van der Waals surface area contributed by atoms with Gasteiger partial charge in [-0.3, -0.25) is 9.59 Å². The molecule has 0 spiro atoms. The van der Waals surface area contributed by atoms with Crippen molar-refractivity contribution in [2.24, 2.45) is 0 Å². The number of phenolic OH excluding ortho intramolecular Hbond substituents is 1. The summed E-state index contributed by atoms with van der Waals surface area (Å²) in [5.74, 6) is -1.15. The summed E-state index contributed by atoms with van der Waals surface area (Å²) >= 11 is 0. The van der Waals surface area contributed by atoms with Crippen LogP contribution in [0.2, 0.25) is 0 Å². The lowest BCUT2D eigenvalue weighted by molar-refractivity contribution is -0.136. The maximum atomic E-state index is 12.5. The molecule has 0 heterocycles. The van der Waals surface area contributed by atoms with Crippen molar-refractivity contribution < 1.29 is 19.8 Å². The molecule has 0 aliphatic rings. The van der Waals surface area contributed by atoms with Crippen molar-refractivity contribution >= 4 is 17.6 Å². The van der Waals surface area contributed by atoms with Gasteiger partial charge in [-0.05, 0) is 56.4 Å². The SMILES string of the molecule is CCCCCCCC/C=C\CCCCCCCC(=O)N(CC(=O)O)c1ccc(O)cc1. The van der Waals surface area contributed by atoms with Gasteiger partial charge in [0.15, 0.2) is 0 Å². The normalized spacial score (nSPS) is 11.1. The van der Waals surface area contributed by atoms with Crippen LogP contribution in [0.1, 0.15) is 96.8 Å². The molecule has 1 amide bonds. The van der Waals surface area contributed by atoms with E-state index in [0.717, 1.165) is 32.1 Å². The highest BCUT2D eigenvalue weighted by Crippen LogP contribution is 2.20. The Labute approximate surface area is 188 Å². The van der Waals surface area contributed by atoms with Gasteiger partial charge in [0.2, 0.25) is 5.91 Å². The van der Waals surface area contributed by atoms with Crippen LogP contribution in [0.5, 0.6) is 5.75 Å². The first kappa shape index (κ1) is 26.7. The Bertz CT molecular complexity index is 639. The van der Waals surface area contributed by atoms with Crippen LogP contribution in [0.15, 0.2) is 36.4 Å². The van der Waals surface area contributed by atoms with E-state index in [1.807, 2.05) is 0 Å². The summed E-state index contributed by atoms with van der Waals surface area (Å²) in [4.78, 5) is 24.9. The first-order valence-electron chi connectivity index (χ1n) is 12.0. The molecule has 5 heteroatoms. The zero-order chi connectivity index (χ0) is 22.7. The van der Waals surface area contributed by atoms with Crippen LogP contribution in [0.4, 0.5) is 5.69 Å². The number of carbonyl (C=O) groups excluding carboxylic acids is 1. The number of aliphatic carboxylic acids is 1. The number of anilines is 1. The van der Waals surface area contributed by atoms with Crippen LogP contribution >= 0.6 is 0 Å². The molecule has 31 heavy (non-hydrogen) atoms. The summed E-state index contributed by atoms with van der Waals surface area (Å²) in [5, 5.41) is 18.5. The second-order valence-corrected chi connectivity index (χ2v) is 8.22. The number of benzene rings is 1. The summed E-state index contributed by atoms with van der Waals surface area (Å²) in [5.41, 5.74) is 0.498. The predicted molar refractivity (Wildman–Crippen MR) is 128 cm³/mol. The Morgan fingerprint density at radius 2 is 1.32 bits per heavy atom. The molecule has 0 unspecified atom stereocenters. The first-order chi connectivity index (χ1) is 15.0. The number of hydrogen-bond donors (Lipinski definition) is 2. The Balaban J connectivity index is 2.11. The summed E-state index contributed by atoms with van der Waals surface area (Å²) in [6.07, 6.45) is 20.5. The summed E-state index contributed by atoms with van der Waals surface area (Å²) < 4.78 is 0. The molecule has 0 aromatic heterocycles. The van der Waals surface area contributed by atoms with E-state index in [0.29, 0.717) is 12.1 Å². The second kappa shape index (κ2) is 17.4. The molecular formula is C26H41NO4. The third-order valence-electron chi connectivity index (χ3n) is 5.41. The minimum absolute atomic E-state index is 0.0868. The lowest BCUT2D eigenvalue weighted by atomic mass is 10.1. The van der Waals surface area contributed by atoms with Crippen LogP contribution in [0.25, 0.3) is 0 Å². The molecule has 2 N–H and O–H groups in total. The molecular weight excluding hydrogens is 390 g/mol. The van der Waals surface area contributed by atoms with E-state index in [9.17, 15) is 14.7 Å². The van der Waals surface area contributed by atoms with E-state index >= 15 is 0 Å². The number of carbonyl (C=O) groups is 2. The number of amides is 1. The molecule has 1 aromatic rings. The van der Waals surface area contributed by atoms with E-state index in [1.165, 1.54) is 68.4 Å². The predicted octanol–water partition coefficient (Wildman–Crippen LogP) is 6.85. The van der Waals surface area contributed by atoms with Crippen LogP contribution in [0, 0.1) is 0 Å². The van der Waals surface area contributed by atoms with Crippen molar-refractivity contribution in [2.45, 2.75) is 96.8 Å². The number of hydrogen-bond acceptors (Lipinski definition) is 3. The monoisotopic (exact) mass is 431 g/mol.